The minimum atomic E-state index is -3.15. The van der Waals surface area contributed by atoms with Crippen LogP contribution < -0.4 is 11.1 Å². The van der Waals surface area contributed by atoms with Crippen molar-refractivity contribution in [1.82, 2.24) is 0 Å². The van der Waals surface area contributed by atoms with Crippen LogP contribution in [0.15, 0.2) is 23.1 Å². The molecule has 0 saturated carbocycles. The minimum Gasteiger partial charge on any atom is -0.380 e. The molecule has 0 fully saturated rings. The molecule has 1 atom stereocenters. The van der Waals surface area contributed by atoms with E-state index in [-0.39, 0.29) is 11.8 Å². The molecule has 17 heavy (non-hydrogen) atoms. The van der Waals surface area contributed by atoms with Crippen LogP contribution in [0.25, 0.3) is 0 Å². The highest BCUT2D eigenvalue weighted by Crippen LogP contribution is 2.32. The first-order chi connectivity index (χ1) is 8.04. The van der Waals surface area contributed by atoms with Gasteiger partial charge in [-0.2, -0.15) is 0 Å². The standard InChI is InChI=1S/C12H18N2O2S/c1-9-4-2-6-11-12(9)14-10(5-3-7-13)8-17(11,15)16/h2,4,6,10,14H,3,5,7-8,13H2,1H3. The molecule has 0 bridgehead atoms. The van der Waals surface area contributed by atoms with Gasteiger partial charge in [0.05, 0.1) is 16.3 Å². The second-order valence-corrected chi connectivity index (χ2v) is 6.50. The summed E-state index contributed by atoms with van der Waals surface area (Å²) in [5.41, 5.74) is 7.20. The molecule has 0 radical (unpaired) electrons. The lowest BCUT2D eigenvalue weighted by Gasteiger charge is -2.28. The fourth-order valence-corrected chi connectivity index (χ4v) is 3.98. The van der Waals surface area contributed by atoms with E-state index in [1.165, 1.54) is 0 Å². The summed E-state index contributed by atoms with van der Waals surface area (Å²) in [6.07, 6.45) is 1.64. The van der Waals surface area contributed by atoms with Gasteiger partial charge in [-0.25, -0.2) is 8.42 Å². The maximum absolute atomic E-state index is 12.1. The van der Waals surface area contributed by atoms with Crippen LogP contribution in [0.5, 0.6) is 0 Å². The number of rotatable bonds is 3. The molecule has 1 unspecified atom stereocenters. The van der Waals surface area contributed by atoms with Gasteiger partial charge in [0.15, 0.2) is 9.84 Å². The van der Waals surface area contributed by atoms with E-state index >= 15 is 0 Å². The highest BCUT2D eigenvalue weighted by molar-refractivity contribution is 7.91. The fraction of sp³-hybridized carbons (Fsp3) is 0.500. The highest BCUT2D eigenvalue weighted by Gasteiger charge is 2.30. The Kier molecular flexibility index (Phi) is 3.40. The number of hydrogen-bond acceptors (Lipinski definition) is 4. The molecule has 1 heterocycles. The van der Waals surface area contributed by atoms with Crippen molar-refractivity contribution < 1.29 is 8.42 Å². The molecule has 1 aliphatic rings. The van der Waals surface area contributed by atoms with Gasteiger partial charge >= 0.3 is 0 Å². The average Bonchev–Trinajstić information content (AvgIpc) is 2.27. The largest absolute Gasteiger partial charge is 0.380 e. The molecule has 0 amide bonds. The molecule has 1 aliphatic heterocycles. The van der Waals surface area contributed by atoms with E-state index in [0.717, 1.165) is 24.1 Å². The first-order valence-electron chi connectivity index (χ1n) is 5.83. The predicted molar refractivity (Wildman–Crippen MR) is 68.9 cm³/mol. The maximum atomic E-state index is 12.1. The lowest BCUT2D eigenvalue weighted by atomic mass is 10.1. The van der Waals surface area contributed by atoms with Crippen LogP contribution in [0.1, 0.15) is 18.4 Å². The topological polar surface area (TPSA) is 72.2 Å². The normalized spacial score (nSPS) is 21.6. The lowest BCUT2D eigenvalue weighted by Crippen LogP contribution is -2.35. The number of para-hydroxylation sites is 1. The number of hydrogen-bond donors (Lipinski definition) is 2. The first kappa shape index (κ1) is 12.4. The van der Waals surface area contributed by atoms with Gasteiger partial charge in [-0.3, -0.25) is 0 Å². The predicted octanol–water partition coefficient (Wildman–Crippen LogP) is 1.30. The highest BCUT2D eigenvalue weighted by atomic mass is 32.2. The summed E-state index contributed by atoms with van der Waals surface area (Å²) in [5, 5.41) is 3.32. The summed E-state index contributed by atoms with van der Waals surface area (Å²) in [6.45, 7) is 2.52. The number of nitrogens with two attached hydrogens (primary N) is 1. The molecule has 5 heteroatoms. The maximum Gasteiger partial charge on any atom is 0.182 e. The average molecular weight is 254 g/mol. The Bertz CT molecular complexity index is 511. The molecule has 1 aromatic carbocycles. The summed E-state index contributed by atoms with van der Waals surface area (Å²) in [5.74, 6) is 0.170. The molecule has 1 aromatic rings. The summed E-state index contributed by atoms with van der Waals surface area (Å²) >= 11 is 0. The third-order valence-electron chi connectivity index (χ3n) is 3.10. The van der Waals surface area contributed by atoms with E-state index in [0.29, 0.717) is 11.4 Å². The Morgan fingerprint density at radius 1 is 1.47 bits per heavy atom. The molecular formula is C12H18N2O2S. The molecular weight excluding hydrogens is 236 g/mol. The molecule has 0 aromatic heterocycles. The molecule has 3 N–H and O–H groups in total. The van der Waals surface area contributed by atoms with Crippen LogP contribution in [0.4, 0.5) is 5.69 Å². The third kappa shape index (κ3) is 2.45. The number of sulfone groups is 1. The van der Waals surface area contributed by atoms with Crippen LogP contribution in [-0.4, -0.2) is 26.8 Å². The molecule has 94 valence electrons. The van der Waals surface area contributed by atoms with Crippen molar-refractivity contribution in [2.75, 3.05) is 17.6 Å². The first-order valence-corrected chi connectivity index (χ1v) is 7.49. The van der Waals surface area contributed by atoms with Crippen molar-refractivity contribution in [3.05, 3.63) is 23.8 Å². The van der Waals surface area contributed by atoms with Gasteiger partial charge in [0, 0.05) is 6.04 Å². The number of nitrogens with one attached hydrogen (secondary N) is 1. The van der Waals surface area contributed by atoms with Gasteiger partial charge in [-0.1, -0.05) is 12.1 Å². The molecule has 2 rings (SSSR count). The second kappa shape index (κ2) is 4.66. The van der Waals surface area contributed by atoms with E-state index in [1.807, 2.05) is 13.0 Å². The van der Waals surface area contributed by atoms with Crippen molar-refractivity contribution >= 4 is 15.5 Å². The Morgan fingerprint density at radius 3 is 2.94 bits per heavy atom. The summed E-state index contributed by atoms with van der Waals surface area (Å²) in [6, 6.07) is 5.36. The number of anilines is 1. The zero-order valence-corrected chi connectivity index (χ0v) is 10.8. The monoisotopic (exact) mass is 254 g/mol. The van der Waals surface area contributed by atoms with Crippen LogP contribution in [0, 0.1) is 6.92 Å². The Balaban J connectivity index is 2.35. The van der Waals surface area contributed by atoms with E-state index in [9.17, 15) is 8.42 Å². The van der Waals surface area contributed by atoms with Crippen molar-refractivity contribution in [2.45, 2.75) is 30.7 Å². The Morgan fingerprint density at radius 2 is 2.24 bits per heavy atom. The third-order valence-corrected chi connectivity index (χ3v) is 4.95. The van der Waals surface area contributed by atoms with E-state index in [1.54, 1.807) is 12.1 Å². The van der Waals surface area contributed by atoms with Gasteiger partial charge in [-0.15, -0.1) is 0 Å². The Labute approximate surface area is 102 Å². The van der Waals surface area contributed by atoms with E-state index in [4.69, 9.17) is 5.73 Å². The summed E-state index contributed by atoms with van der Waals surface area (Å²) < 4.78 is 24.3. The van der Waals surface area contributed by atoms with Crippen LogP contribution in [-0.2, 0) is 9.84 Å². The minimum absolute atomic E-state index is 0.0165. The smallest absolute Gasteiger partial charge is 0.182 e. The molecule has 0 aliphatic carbocycles. The quantitative estimate of drug-likeness (QED) is 0.853. The number of aryl methyl sites for hydroxylation is 1. The van der Waals surface area contributed by atoms with Gasteiger partial charge in [0.2, 0.25) is 0 Å². The van der Waals surface area contributed by atoms with Gasteiger partial charge in [-0.05, 0) is 37.9 Å². The zero-order chi connectivity index (χ0) is 12.5. The van der Waals surface area contributed by atoms with Gasteiger partial charge in [0.1, 0.15) is 0 Å². The van der Waals surface area contributed by atoms with Crippen LogP contribution >= 0.6 is 0 Å². The molecule has 4 nitrogen and oxygen atoms in total. The second-order valence-electron chi connectivity index (χ2n) is 4.50. The van der Waals surface area contributed by atoms with Gasteiger partial charge < -0.3 is 11.1 Å². The van der Waals surface area contributed by atoms with Crippen LogP contribution in [0.2, 0.25) is 0 Å². The fourth-order valence-electron chi connectivity index (χ4n) is 2.21. The summed E-state index contributed by atoms with van der Waals surface area (Å²) in [7, 11) is -3.15. The summed E-state index contributed by atoms with van der Waals surface area (Å²) in [4.78, 5) is 0.432. The van der Waals surface area contributed by atoms with Crippen molar-refractivity contribution in [2.24, 2.45) is 5.73 Å². The van der Waals surface area contributed by atoms with Crippen molar-refractivity contribution in [3.8, 4) is 0 Å². The Hall–Kier alpha value is -1.07. The van der Waals surface area contributed by atoms with E-state index in [2.05, 4.69) is 5.32 Å². The SMILES string of the molecule is Cc1cccc2c1NC(CCCN)CS2(=O)=O. The van der Waals surface area contributed by atoms with Crippen molar-refractivity contribution in [3.63, 3.8) is 0 Å². The van der Waals surface area contributed by atoms with E-state index < -0.39 is 9.84 Å². The molecule has 0 spiro atoms. The van der Waals surface area contributed by atoms with Gasteiger partial charge in [0.25, 0.3) is 0 Å². The zero-order valence-electron chi connectivity index (χ0n) is 9.94. The number of benzene rings is 1. The van der Waals surface area contributed by atoms with Crippen molar-refractivity contribution in [1.29, 1.82) is 0 Å². The molecule has 0 saturated heterocycles. The lowest BCUT2D eigenvalue weighted by molar-refractivity contribution is 0.575. The van der Waals surface area contributed by atoms with Crippen LogP contribution in [0.3, 0.4) is 0 Å². The number of fused-ring (bicyclic) bond motifs is 1.